The minimum absolute atomic E-state index is 0.140. The van der Waals surface area contributed by atoms with E-state index in [9.17, 15) is 8.42 Å². The fourth-order valence-electron chi connectivity index (χ4n) is 2.60. The van der Waals surface area contributed by atoms with E-state index in [1.165, 1.54) is 0 Å². The highest BCUT2D eigenvalue weighted by molar-refractivity contribution is 7.89. The number of ether oxygens (including phenoxy) is 1. The predicted octanol–water partition coefficient (Wildman–Crippen LogP) is 2.28. The smallest absolute Gasteiger partial charge is 0.249 e. The summed E-state index contributed by atoms with van der Waals surface area (Å²) in [7, 11) is -2.11. The minimum atomic E-state index is -3.66. The quantitative estimate of drug-likeness (QED) is 0.661. The molecule has 2 aromatic heterocycles. The molecule has 9 heteroatoms. The molecule has 0 radical (unpaired) electrons. The molecule has 1 aromatic carbocycles. The lowest BCUT2D eigenvalue weighted by molar-refractivity contribution is 0.411. The Morgan fingerprint density at radius 2 is 2.00 bits per heavy atom. The van der Waals surface area contributed by atoms with Gasteiger partial charge >= 0.3 is 0 Å². The first kappa shape index (κ1) is 19.0. The number of hydrogen-bond acceptors (Lipinski definition) is 7. The van der Waals surface area contributed by atoms with Gasteiger partial charge in [0.2, 0.25) is 21.8 Å². The first-order valence-electron chi connectivity index (χ1n) is 8.28. The fraction of sp³-hybridized carbons (Fsp3) is 0.278. The summed E-state index contributed by atoms with van der Waals surface area (Å²) in [6.07, 6.45) is 3.55. The van der Waals surface area contributed by atoms with Gasteiger partial charge in [-0.15, -0.1) is 10.2 Å². The Balaban J connectivity index is 1.67. The molecule has 0 saturated carbocycles. The molecule has 27 heavy (non-hydrogen) atoms. The molecular weight excluding hydrogens is 368 g/mol. The first-order valence-corrected chi connectivity index (χ1v) is 9.76. The van der Waals surface area contributed by atoms with Crippen LogP contribution in [-0.2, 0) is 16.4 Å². The van der Waals surface area contributed by atoms with Crippen molar-refractivity contribution in [3.63, 3.8) is 0 Å². The van der Waals surface area contributed by atoms with Gasteiger partial charge in [0.15, 0.2) is 0 Å². The van der Waals surface area contributed by atoms with Crippen LogP contribution in [0.2, 0.25) is 0 Å². The van der Waals surface area contributed by atoms with Crippen LogP contribution >= 0.6 is 0 Å². The second-order valence-electron chi connectivity index (χ2n) is 5.98. The number of nitrogens with zero attached hydrogens (tertiary/aromatic N) is 3. The van der Waals surface area contributed by atoms with Crippen molar-refractivity contribution < 1.29 is 17.6 Å². The van der Waals surface area contributed by atoms with Gasteiger partial charge in [-0.1, -0.05) is 0 Å². The molecule has 0 aliphatic carbocycles. The third-order valence-electron chi connectivity index (χ3n) is 3.99. The van der Waals surface area contributed by atoms with E-state index >= 15 is 0 Å². The van der Waals surface area contributed by atoms with E-state index in [2.05, 4.69) is 19.9 Å². The van der Waals surface area contributed by atoms with Crippen LogP contribution in [0.1, 0.15) is 17.0 Å². The number of aryl methyl sites for hydroxylation is 2. The van der Waals surface area contributed by atoms with Gasteiger partial charge in [0, 0.05) is 25.4 Å². The molecule has 0 amide bonds. The first-order chi connectivity index (χ1) is 12.9. The maximum Gasteiger partial charge on any atom is 0.249 e. The highest BCUT2D eigenvalue weighted by atomic mass is 32.2. The van der Waals surface area contributed by atoms with Crippen molar-refractivity contribution in [1.29, 1.82) is 0 Å². The van der Waals surface area contributed by atoms with Gasteiger partial charge in [-0.05, 0) is 49.2 Å². The summed E-state index contributed by atoms with van der Waals surface area (Å²) >= 11 is 0. The number of pyridine rings is 1. The highest BCUT2D eigenvalue weighted by Crippen LogP contribution is 2.25. The topological polar surface area (TPSA) is 107 Å². The molecule has 0 spiro atoms. The van der Waals surface area contributed by atoms with Crippen LogP contribution in [-0.4, -0.2) is 37.3 Å². The Morgan fingerprint density at radius 1 is 1.19 bits per heavy atom. The summed E-state index contributed by atoms with van der Waals surface area (Å²) in [6.45, 7) is 3.67. The SMILES string of the molecule is COc1cc(C)c(S(=O)(=O)NCCc2nnc(-c3cccnc3)o2)cc1C. The number of rotatable bonds is 7. The van der Waals surface area contributed by atoms with E-state index in [0.717, 1.165) is 5.56 Å². The van der Waals surface area contributed by atoms with E-state index in [-0.39, 0.29) is 17.9 Å². The Bertz CT molecular complexity index is 1030. The van der Waals surface area contributed by atoms with Crippen LogP contribution in [0.4, 0.5) is 0 Å². The van der Waals surface area contributed by atoms with Gasteiger partial charge < -0.3 is 9.15 Å². The van der Waals surface area contributed by atoms with E-state index in [4.69, 9.17) is 9.15 Å². The average Bonchev–Trinajstić information content (AvgIpc) is 3.12. The Labute approximate surface area is 157 Å². The fourth-order valence-corrected chi connectivity index (χ4v) is 3.94. The van der Waals surface area contributed by atoms with E-state index in [1.54, 1.807) is 51.6 Å². The third-order valence-corrected chi connectivity index (χ3v) is 5.59. The minimum Gasteiger partial charge on any atom is -0.496 e. The number of aromatic nitrogens is 3. The van der Waals surface area contributed by atoms with Gasteiger partial charge in [0.1, 0.15) is 5.75 Å². The molecule has 3 rings (SSSR count). The number of nitrogens with one attached hydrogen (secondary N) is 1. The lowest BCUT2D eigenvalue weighted by Crippen LogP contribution is -2.26. The summed E-state index contributed by atoms with van der Waals surface area (Å²) in [5, 5.41) is 7.90. The molecule has 0 saturated heterocycles. The summed E-state index contributed by atoms with van der Waals surface area (Å²) in [5.74, 6) is 1.35. The summed E-state index contributed by atoms with van der Waals surface area (Å²) in [6, 6.07) is 6.89. The van der Waals surface area contributed by atoms with Gasteiger partial charge in [0.25, 0.3) is 0 Å². The van der Waals surface area contributed by atoms with E-state index < -0.39 is 10.0 Å². The number of methoxy groups -OCH3 is 1. The van der Waals surface area contributed by atoms with Gasteiger partial charge in [-0.2, -0.15) is 0 Å². The van der Waals surface area contributed by atoms with Crippen molar-refractivity contribution in [3.05, 3.63) is 53.7 Å². The zero-order valence-corrected chi connectivity index (χ0v) is 16.1. The molecule has 1 N–H and O–H groups in total. The molecule has 0 atom stereocenters. The van der Waals surface area contributed by atoms with Crippen molar-refractivity contribution in [2.24, 2.45) is 0 Å². The van der Waals surface area contributed by atoms with E-state index in [0.29, 0.717) is 28.7 Å². The third kappa shape index (κ3) is 4.32. The monoisotopic (exact) mass is 388 g/mol. The molecule has 0 unspecified atom stereocenters. The van der Waals surface area contributed by atoms with E-state index in [1.807, 2.05) is 6.07 Å². The molecule has 2 heterocycles. The Kier molecular flexibility index (Phi) is 5.52. The maximum absolute atomic E-state index is 12.6. The Hall–Kier alpha value is -2.78. The largest absolute Gasteiger partial charge is 0.496 e. The molecule has 142 valence electrons. The maximum atomic E-state index is 12.6. The van der Waals surface area contributed by atoms with Crippen LogP contribution in [0.25, 0.3) is 11.5 Å². The van der Waals surface area contributed by atoms with Crippen LogP contribution in [0, 0.1) is 13.8 Å². The molecule has 0 bridgehead atoms. The van der Waals surface area contributed by atoms with Gasteiger partial charge in [0.05, 0.1) is 17.6 Å². The summed E-state index contributed by atoms with van der Waals surface area (Å²) < 4.78 is 38.5. The standard InChI is InChI=1S/C18H20N4O4S/c1-12-10-16(13(2)9-15(12)25-3)27(23,24)20-8-6-17-21-22-18(26-17)14-5-4-7-19-11-14/h4-5,7,9-11,20H,6,8H2,1-3H3. The second-order valence-corrected chi connectivity index (χ2v) is 7.71. The summed E-state index contributed by atoms with van der Waals surface area (Å²) in [5.41, 5.74) is 2.07. The predicted molar refractivity (Wildman–Crippen MR) is 98.9 cm³/mol. The van der Waals surface area contributed by atoms with Gasteiger partial charge in [-0.3, -0.25) is 4.98 Å². The van der Waals surface area contributed by atoms with Gasteiger partial charge in [-0.25, -0.2) is 13.1 Å². The normalized spacial score (nSPS) is 11.5. The number of hydrogen-bond donors (Lipinski definition) is 1. The van der Waals surface area contributed by atoms with Crippen molar-refractivity contribution in [1.82, 2.24) is 19.9 Å². The number of sulfonamides is 1. The molecule has 0 aliphatic heterocycles. The zero-order valence-electron chi connectivity index (χ0n) is 15.3. The van der Waals surface area contributed by atoms with Crippen molar-refractivity contribution in [2.75, 3.05) is 13.7 Å². The van der Waals surface area contributed by atoms with Crippen LogP contribution in [0.3, 0.4) is 0 Å². The van der Waals surface area contributed by atoms with Crippen LogP contribution < -0.4 is 9.46 Å². The molecule has 3 aromatic rings. The van der Waals surface area contributed by atoms with Crippen molar-refractivity contribution in [3.8, 4) is 17.2 Å². The highest BCUT2D eigenvalue weighted by Gasteiger charge is 2.19. The summed E-state index contributed by atoms with van der Waals surface area (Å²) in [4.78, 5) is 4.22. The lowest BCUT2D eigenvalue weighted by atomic mass is 10.1. The molecular formula is C18H20N4O4S. The van der Waals surface area contributed by atoms with Crippen LogP contribution in [0.15, 0.2) is 46.0 Å². The second kappa shape index (κ2) is 7.85. The lowest BCUT2D eigenvalue weighted by Gasteiger charge is -2.12. The molecule has 8 nitrogen and oxygen atoms in total. The molecule has 0 aliphatic rings. The van der Waals surface area contributed by atoms with Crippen LogP contribution in [0.5, 0.6) is 5.75 Å². The average molecular weight is 388 g/mol. The van der Waals surface area contributed by atoms with Crippen molar-refractivity contribution >= 4 is 10.0 Å². The zero-order chi connectivity index (χ0) is 19.4. The van der Waals surface area contributed by atoms with Crippen molar-refractivity contribution in [2.45, 2.75) is 25.2 Å². The number of benzene rings is 1. The molecule has 0 fully saturated rings. The Morgan fingerprint density at radius 3 is 2.70 bits per heavy atom.